The van der Waals surface area contributed by atoms with Crippen LogP contribution in [0.1, 0.15) is 81.3 Å². The highest BCUT2D eigenvalue weighted by Crippen LogP contribution is 2.35. The van der Waals surface area contributed by atoms with Crippen LogP contribution in [0.4, 0.5) is 0 Å². The van der Waals surface area contributed by atoms with Gasteiger partial charge in [0.2, 0.25) is 5.69 Å². The van der Waals surface area contributed by atoms with Crippen molar-refractivity contribution in [1.82, 2.24) is 25.2 Å². The Morgan fingerprint density at radius 2 is 1.83 bits per heavy atom. The van der Waals surface area contributed by atoms with E-state index in [1.807, 2.05) is 24.6 Å². The molecule has 188 valence electrons. The van der Waals surface area contributed by atoms with Crippen molar-refractivity contribution in [1.29, 1.82) is 0 Å². The van der Waals surface area contributed by atoms with Gasteiger partial charge in [0.05, 0.1) is 24.4 Å². The first-order valence-corrected chi connectivity index (χ1v) is 12.6. The summed E-state index contributed by atoms with van der Waals surface area (Å²) in [6.45, 7) is 6.53. The van der Waals surface area contributed by atoms with Gasteiger partial charge in [0.1, 0.15) is 6.10 Å². The molecule has 1 aliphatic carbocycles. The molecule has 1 fully saturated rings. The van der Waals surface area contributed by atoms with E-state index in [2.05, 4.69) is 44.8 Å². The molecule has 0 unspecified atom stereocenters. The molecule has 1 aromatic carbocycles. The minimum absolute atomic E-state index is 0.00553. The third-order valence-electron chi connectivity index (χ3n) is 7.10. The summed E-state index contributed by atoms with van der Waals surface area (Å²) in [4.78, 5) is 12.0. The zero-order valence-corrected chi connectivity index (χ0v) is 20.7. The fourth-order valence-corrected chi connectivity index (χ4v) is 4.69. The number of aliphatic hydroxyl groups is 1. The number of hydrogen-bond acceptors (Lipinski definition) is 7. The van der Waals surface area contributed by atoms with Crippen LogP contribution in [0.25, 0.3) is 11.3 Å². The Morgan fingerprint density at radius 1 is 1.11 bits per heavy atom. The molecule has 9 nitrogen and oxygen atoms in total. The average molecular weight is 482 g/mol. The third kappa shape index (κ3) is 5.73. The number of benzene rings is 1. The van der Waals surface area contributed by atoms with Crippen LogP contribution in [0.3, 0.4) is 0 Å². The molecular formula is C26H35N5O4. The molecule has 0 saturated heterocycles. The van der Waals surface area contributed by atoms with E-state index in [1.54, 1.807) is 13.1 Å². The summed E-state index contributed by atoms with van der Waals surface area (Å²) < 4.78 is 12.9. The van der Waals surface area contributed by atoms with Crippen LogP contribution in [-0.2, 0) is 11.3 Å². The van der Waals surface area contributed by atoms with Gasteiger partial charge in [0.25, 0.3) is 5.88 Å². The van der Waals surface area contributed by atoms with E-state index in [4.69, 9.17) is 9.47 Å². The van der Waals surface area contributed by atoms with Gasteiger partial charge in [-0.25, -0.2) is 9.89 Å². The Labute approximate surface area is 205 Å². The first-order valence-electron chi connectivity index (χ1n) is 12.6. The van der Waals surface area contributed by atoms with Gasteiger partial charge in [-0.3, -0.25) is 4.68 Å². The zero-order valence-electron chi connectivity index (χ0n) is 20.7. The summed E-state index contributed by atoms with van der Waals surface area (Å²) in [6.07, 6.45) is 6.90. The van der Waals surface area contributed by atoms with E-state index in [-0.39, 0.29) is 24.3 Å². The number of rotatable bonds is 10. The summed E-state index contributed by atoms with van der Waals surface area (Å²) in [5.74, 6) is 0.170. The van der Waals surface area contributed by atoms with Crippen LogP contribution in [0, 0.1) is 0 Å². The van der Waals surface area contributed by atoms with Crippen LogP contribution in [0.15, 0.2) is 36.5 Å². The normalized spacial score (nSPS) is 18.4. The quantitative estimate of drug-likeness (QED) is 0.410. The second-order valence-corrected chi connectivity index (χ2v) is 9.23. The Kier molecular flexibility index (Phi) is 7.85. The SMILES string of the molecule is CCOC(=O)c1[nH]nnc1OC1CCC(c2ccc(-c3ccnn3CC(O)(CC)CC)cc2)CC1. The highest BCUT2D eigenvalue weighted by atomic mass is 16.5. The predicted molar refractivity (Wildman–Crippen MR) is 131 cm³/mol. The number of hydrogen-bond donors (Lipinski definition) is 2. The summed E-state index contributed by atoms with van der Waals surface area (Å²) in [7, 11) is 0. The Balaban J connectivity index is 1.36. The Hall–Kier alpha value is -3.20. The molecule has 2 aromatic heterocycles. The number of ether oxygens (including phenoxy) is 2. The van der Waals surface area contributed by atoms with Crippen molar-refractivity contribution in [2.45, 2.75) is 83.5 Å². The molecule has 2 heterocycles. The molecule has 1 aliphatic rings. The van der Waals surface area contributed by atoms with Gasteiger partial charge in [0, 0.05) is 6.20 Å². The van der Waals surface area contributed by atoms with Crippen molar-refractivity contribution < 1.29 is 19.4 Å². The molecule has 0 atom stereocenters. The van der Waals surface area contributed by atoms with Crippen LogP contribution < -0.4 is 4.74 Å². The average Bonchev–Trinajstić information content (AvgIpc) is 3.54. The molecule has 4 rings (SSSR count). The number of aromatic nitrogens is 5. The Bertz CT molecular complexity index is 1100. The van der Waals surface area contributed by atoms with Gasteiger partial charge in [0.15, 0.2) is 0 Å². The summed E-state index contributed by atoms with van der Waals surface area (Å²) in [6, 6.07) is 10.7. The number of carbonyl (C=O) groups excluding carboxylic acids is 1. The third-order valence-corrected chi connectivity index (χ3v) is 7.10. The molecule has 0 amide bonds. The molecule has 0 aliphatic heterocycles. The predicted octanol–water partition coefficient (Wildman–Crippen LogP) is 4.50. The molecular weight excluding hydrogens is 446 g/mol. The fraction of sp³-hybridized carbons (Fsp3) is 0.538. The number of H-pyrrole nitrogens is 1. The van der Waals surface area contributed by atoms with Crippen LogP contribution >= 0.6 is 0 Å². The number of nitrogens with one attached hydrogen (secondary N) is 1. The lowest BCUT2D eigenvalue weighted by molar-refractivity contribution is 0.0123. The smallest absolute Gasteiger partial charge is 0.362 e. The molecule has 3 aromatic rings. The van der Waals surface area contributed by atoms with Gasteiger partial charge in [-0.1, -0.05) is 48.4 Å². The molecule has 35 heavy (non-hydrogen) atoms. The number of esters is 1. The maximum absolute atomic E-state index is 12.0. The van der Waals surface area contributed by atoms with Gasteiger partial charge in [-0.15, -0.1) is 0 Å². The van der Waals surface area contributed by atoms with Crippen molar-refractivity contribution in [2.75, 3.05) is 6.61 Å². The van der Waals surface area contributed by atoms with E-state index >= 15 is 0 Å². The molecule has 0 radical (unpaired) electrons. The van der Waals surface area contributed by atoms with Crippen molar-refractivity contribution >= 4 is 5.97 Å². The summed E-state index contributed by atoms with van der Waals surface area (Å²) in [5.41, 5.74) is 2.84. The van der Waals surface area contributed by atoms with E-state index in [9.17, 15) is 9.90 Å². The second kappa shape index (κ2) is 11.0. The monoisotopic (exact) mass is 481 g/mol. The summed E-state index contributed by atoms with van der Waals surface area (Å²) >= 11 is 0. The maximum Gasteiger partial charge on any atom is 0.362 e. The minimum atomic E-state index is -0.746. The van der Waals surface area contributed by atoms with Gasteiger partial charge in [-0.2, -0.15) is 5.10 Å². The van der Waals surface area contributed by atoms with Gasteiger partial charge < -0.3 is 14.6 Å². The lowest BCUT2D eigenvalue weighted by Crippen LogP contribution is -2.33. The lowest BCUT2D eigenvalue weighted by Gasteiger charge is -2.29. The minimum Gasteiger partial charge on any atom is -0.472 e. The second-order valence-electron chi connectivity index (χ2n) is 9.23. The molecule has 2 N–H and O–H groups in total. The number of nitrogens with zero attached hydrogens (tertiary/aromatic N) is 4. The van der Waals surface area contributed by atoms with Gasteiger partial charge >= 0.3 is 5.97 Å². The van der Waals surface area contributed by atoms with Crippen molar-refractivity contribution in [2.24, 2.45) is 0 Å². The molecule has 9 heteroatoms. The summed E-state index contributed by atoms with van der Waals surface area (Å²) in [5, 5.41) is 25.4. The highest BCUT2D eigenvalue weighted by molar-refractivity contribution is 5.89. The molecule has 0 bridgehead atoms. The molecule has 0 spiro atoms. The van der Waals surface area contributed by atoms with E-state index in [0.717, 1.165) is 36.9 Å². The van der Waals surface area contributed by atoms with Crippen molar-refractivity contribution in [3.8, 4) is 17.1 Å². The van der Waals surface area contributed by atoms with Crippen molar-refractivity contribution in [3.05, 3.63) is 47.8 Å². The topological polar surface area (TPSA) is 115 Å². The largest absolute Gasteiger partial charge is 0.472 e. The highest BCUT2D eigenvalue weighted by Gasteiger charge is 2.27. The lowest BCUT2D eigenvalue weighted by atomic mass is 9.82. The Morgan fingerprint density at radius 3 is 2.49 bits per heavy atom. The van der Waals surface area contributed by atoms with Crippen LogP contribution in [0.5, 0.6) is 5.88 Å². The van der Waals surface area contributed by atoms with E-state index in [1.165, 1.54) is 5.56 Å². The zero-order chi connectivity index (χ0) is 24.8. The standard InChI is InChI=1S/C26H35N5O4/c1-4-26(33,5-2)17-31-22(15-16-27-31)20-9-7-18(8-10-20)19-11-13-21(14-12-19)35-24-23(28-30-29-24)25(32)34-6-3/h7-10,15-16,19,21,33H,4-6,11-14,17H2,1-3H3,(H,28,29,30). The number of carbonyl (C=O) groups is 1. The van der Waals surface area contributed by atoms with Crippen LogP contribution in [-0.4, -0.2) is 54.6 Å². The van der Waals surface area contributed by atoms with E-state index in [0.29, 0.717) is 25.3 Å². The first kappa shape index (κ1) is 24.9. The fourth-order valence-electron chi connectivity index (χ4n) is 4.69. The molecule has 1 saturated carbocycles. The van der Waals surface area contributed by atoms with E-state index < -0.39 is 11.6 Å². The van der Waals surface area contributed by atoms with Crippen LogP contribution in [0.2, 0.25) is 0 Å². The van der Waals surface area contributed by atoms with Crippen molar-refractivity contribution in [3.63, 3.8) is 0 Å². The number of aromatic amines is 1. The first-order chi connectivity index (χ1) is 17.0. The maximum atomic E-state index is 12.0. The van der Waals surface area contributed by atoms with Gasteiger partial charge in [-0.05, 0) is 68.6 Å².